The number of carbonyl (C=O) groups excluding carboxylic acids is 1. The van der Waals surface area contributed by atoms with Gasteiger partial charge in [-0.15, -0.1) is 0 Å². The Bertz CT molecular complexity index is 1130. The quantitative estimate of drug-likeness (QED) is 0.371. The number of nitrogens with one attached hydrogen (secondary N) is 3. The Morgan fingerprint density at radius 2 is 2.03 bits per heavy atom. The van der Waals surface area contributed by atoms with Gasteiger partial charge in [0.1, 0.15) is 23.4 Å². The number of alkyl carbamates (subject to hydrolysis) is 1. The molecule has 176 valence electrons. The van der Waals surface area contributed by atoms with Crippen LogP contribution in [-0.2, 0) is 11.3 Å². The molecule has 1 aromatic carbocycles. The van der Waals surface area contributed by atoms with Gasteiger partial charge in [-0.05, 0) is 86.9 Å². The molecule has 4 rings (SSSR count). The molecule has 0 atom stereocenters. The first kappa shape index (κ1) is 23.7. The van der Waals surface area contributed by atoms with E-state index in [4.69, 9.17) is 4.74 Å². The third kappa shape index (κ3) is 6.14. The van der Waals surface area contributed by atoms with Gasteiger partial charge in [0.2, 0.25) is 0 Å². The van der Waals surface area contributed by atoms with Crippen LogP contribution in [0.1, 0.15) is 46.1 Å². The van der Waals surface area contributed by atoms with Gasteiger partial charge in [-0.3, -0.25) is 4.90 Å². The average molecular weight is 562 g/mol. The van der Waals surface area contributed by atoms with Crippen LogP contribution in [0.2, 0.25) is 0 Å². The molecule has 3 heterocycles. The number of aromatic amines is 1. The van der Waals surface area contributed by atoms with Gasteiger partial charge < -0.3 is 20.4 Å². The summed E-state index contributed by atoms with van der Waals surface area (Å²) in [5, 5.41) is 7.54. The molecule has 0 radical (unpaired) electrons. The number of ether oxygens (including phenoxy) is 1. The number of piperidine rings is 1. The number of anilines is 2. The molecule has 0 saturated carbocycles. The molecule has 1 amide bonds. The van der Waals surface area contributed by atoms with Gasteiger partial charge in [-0.1, -0.05) is 6.07 Å². The second-order valence-electron chi connectivity index (χ2n) is 9.86. The molecular weight excluding hydrogens is 531 g/mol. The third-order valence-electron chi connectivity index (χ3n) is 5.80. The van der Waals surface area contributed by atoms with Crippen LogP contribution < -0.4 is 10.6 Å². The van der Waals surface area contributed by atoms with E-state index >= 15 is 0 Å². The predicted octanol–water partition coefficient (Wildman–Crippen LogP) is 5.19. The van der Waals surface area contributed by atoms with Crippen molar-refractivity contribution in [1.29, 1.82) is 0 Å². The molecule has 9 heteroatoms. The maximum atomic E-state index is 12.3. The molecule has 0 bridgehead atoms. The SMILES string of the molecule is CC1(NC(=O)OC(C)(C)C)CCN(Cc2c[nH]c3ncnc(Nc4cccc(I)c4)c23)CC1. The summed E-state index contributed by atoms with van der Waals surface area (Å²) in [6, 6.07) is 8.21. The van der Waals surface area contributed by atoms with E-state index in [0.717, 1.165) is 64.1 Å². The van der Waals surface area contributed by atoms with E-state index in [-0.39, 0.29) is 11.6 Å². The molecule has 1 fully saturated rings. The molecular formula is C24H31IN6O2. The summed E-state index contributed by atoms with van der Waals surface area (Å²) in [6.45, 7) is 10.3. The van der Waals surface area contributed by atoms with Crippen molar-refractivity contribution in [2.45, 2.75) is 58.2 Å². The number of fused-ring (bicyclic) bond motifs is 1. The van der Waals surface area contributed by atoms with Crippen molar-refractivity contribution >= 4 is 51.2 Å². The number of halogens is 1. The van der Waals surface area contributed by atoms with Crippen molar-refractivity contribution in [1.82, 2.24) is 25.2 Å². The minimum absolute atomic E-state index is 0.265. The largest absolute Gasteiger partial charge is 0.444 e. The summed E-state index contributed by atoms with van der Waals surface area (Å²) < 4.78 is 6.61. The monoisotopic (exact) mass is 562 g/mol. The smallest absolute Gasteiger partial charge is 0.408 e. The maximum Gasteiger partial charge on any atom is 0.408 e. The summed E-state index contributed by atoms with van der Waals surface area (Å²) in [7, 11) is 0. The van der Waals surface area contributed by atoms with Gasteiger partial charge in [0.25, 0.3) is 0 Å². The Kier molecular flexibility index (Phi) is 6.81. The number of H-pyrrole nitrogens is 1. The second-order valence-corrected chi connectivity index (χ2v) is 11.1. The predicted molar refractivity (Wildman–Crippen MR) is 139 cm³/mol. The van der Waals surface area contributed by atoms with Crippen molar-refractivity contribution in [3.8, 4) is 0 Å². The molecule has 8 nitrogen and oxygen atoms in total. The Hall–Kier alpha value is -2.40. The molecule has 33 heavy (non-hydrogen) atoms. The fourth-order valence-electron chi connectivity index (χ4n) is 4.07. The van der Waals surface area contributed by atoms with Crippen LogP contribution in [-0.4, -0.2) is 50.2 Å². The van der Waals surface area contributed by atoms with Crippen LogP contribution in [0.15, 0.2) is 36.8 Å². The molecule has 0 spiro atoms. The van der Waals surface area contributed by atoms with Crippen LogP contribution in [0.3, 0.4) is 0 Å². The Balaban J connectivity index is 1.43. The average Bonchev–Trinajstić information content (AvgIpc) is 3.12. The fourth-order valence-corrected chi connectivity index (χ4v) is 4.61. The van der Waals surface area contributed by atoms with E-state index in [9.17, 15) is 4.79 Å². The molecule has 3 aromatic rings. The highest BCUT2D eigenvalue weighted by Gasteiger charge is 2.33. The standard InChI is InChI=1S/C24H31IN6O2/c1-23(2,3)33-22(32)30-24(4)8-10-31(11-9-24)14-16-13-26-20-19(16)21(28-15-27-20)29-18-7-5-6-17(25)12-18/h5-7,12-13,15H,8-11,14H2,1-4H3,(H,30,32)(H2,26,27,28,29). The number of carbonyl (C=O) groups is 1. The lowest BCUT2D eigenvalue weighted by molar-refractivity contribution is 0.0402. The Morgan fingerprint density at radius 3 is 2.73 bits per heavy atom. The summed E-state index contributed by atoms with van der Waals surface area (Å²) in [6.07, 6.45) is 4.97. The van der Waals surface area contributed by atoms with Crippen LogP contribution in [0.5, 0.6) is 0 Å². The molecule has 1 aliphatic rings. The number of benzene rings is 1. The van der Waals surface area contributed by atoms with E-state index in [0.29, 0.717) is 0 Å². The minimum Gasteiger partial charge on any atom is -0.444 e. The summed E-state index contributed by atoms with van der Waals surface area (Å²) >= 11 is 2.30. The summed E-state index contributed by atoms with van der Waals surface area (Å²) in [5.74, 6) is 0.798. The number of aromatic nitrogens is 3. The summed E-state index contributed by atoms with van der Waals surface area (Å²) in [4.78, 5) is 26.9. The zero-order valence-electron chi connectivity index (χ0n) is 19.5. The first-order valence-electron chi connectivity index (χ1n) is 11.2. The van der Waals surface area contributed by atoms with E-state index in [1.165, 1.54) is 0 Å². The Labute approximate surface area is 208 Å². The summed E-state index contributed by atoms with van der Waals surface area (Å²) in [5.41, 5.74) is 2.21. The van der Waals surface area contributed by atoms with Gasteiger partial charge in [0, 0.05) is 40.6 Å². The maximum absolute atomic E-state index is 12.3. The molecule has 1 saturated heterocycles. The van der Waals surface area contributed by atoms with Crippen LogP contribution in [0.25, 0.3) is 11.0 Å². The minimum atomic E-state index is -0.498. The van der Waals surface area contributed by atoms with Gasteiger partial charge in [0.05, 0.1) is 5.39 Å². The lowest BCUT2D eigenvalue weighted by Gasteiger charge is -2.40. The van der Waals surface area contributed by atoms with Gasteiger partial charge >= 0.3 is 6.09 Å². The van der Waals surface area contributed by atoms with Crippen molar-refractivity contribution in [3.63, 3.8) is 0 Å². The van der Waals surface area contributed by atoms with Crippen LogP contribution in [0.4, 0.5) is 16.3 Å². The van der Waals surface area contributed by atoms with Crippen molar-refractivity contribution in [3.05, 3.63) is 45.9 Å². The second kappa shape index (κ2) is 9.46. The molecule has 1 aliphatic heterocycles. The first-order chi connectivity index (χ1) is 15.6. The van der Waals surface area contributed by atoms with Crippen molar-refractivity contribution in [2.24, 2.45) is 0 Å². The lowest BCUT2D eigenvalue weighted by Crippen LogP contribution is -2.54. The normalized spacial score (nSPS) is 16.5. The highest BCUT2D eigenvalue weighted by atomic mass is 127. The van der Waals surface area contributed by atoms with Gasteiger partial charge in [-0.25, -0.2) is 14.8 Å². The first-order valence-corrected chi connectivity index (χ1v) is 12.3. The zero-order chi connectivity index (χ0) is 23.6. The molecule has 2 aromatic heterocycles. The van der Waals surface area contributed by atoms with Gasteiger partial charge in [-0.2, -0.15) is 0 Å². The number of rotatable bonds is 5. The number of nitrogens with zero attached hydrogens (tertiary/aromatic N) is 3. The number of hydrogen-bond donors (Lipinski definition) is 3. The van der Waals surface area contributed by atoms with Crippen LogP contribution in [0, 0.1) is 3.57 Å². The fraction of sp³-hybridized carbons (Fsp3) is 0.458. The van der Waals surface area contributed by atoms with Crippen molar-refractivity contribution in [2.75, 3.05) is 18.4 Å². The highest BCUT2D eigenvalue weighted by molar-refractivity contribution is 14.1. The van der Waals surface area contributed by atoms with Crippen LogP contribution >= 0.6 is 22.6 Å². The van der Waals surface area contributed by atoms with E-state index in [2.05, 4.69) is 72.1 Å². The molecule has 0 aliphatic carbocycles. The van der Waals surface area contributed by atoms with E-state index in [1.54, 1.807) is 6.33 Å². The van der Waals surface area contributed by atoms with Gasteiger partial charge in [0.15, 0.2) is 0 Å². The highest BCUT2D eigenvalue weighted by Crippen LogP contribution is 2.29. The number of hydrogen-bond acceptors (Lipinski definition) is 6. The number of likely N-dealkylation sites (tertiary alicyclic amines) is 1. The number of amides is 1. The topological polar surface area (TPSA) is 95.2 Å². The van der Waals surface area contributed by atoms with E-state index < -0.39 is 5.60 Å². The molecule has 3 N–H and O–H groups in total. The zero-order valence-corrected chi connectivity index (χ0v) is 21.7. The Morgan fingerprint density at radius 1 is 1.27 bits per heavy atom. The lowest BCUT2D eigenvalue weighted by atomic mass is 9.89. The third-order valence-corrected chi connectivity index (χ3v) is 6.47. The molecule has 0 unspecified atom stereocenters. The van der Waals surface area contributed by atoms with Crippen molar-refractivity contribution < 1.29 is 9.53 Å². The van der Waals surface area contributed by atoms with E-state index in [1.807, 2.05) is 39.1 Å².